The van der Waals surface area contributed by atoms with E-state index in [9.17, 15) is 4.79 Å². The van der Waals surface area contributed by atoms with Crippen LogP contribution >= 0.6 is 0 Å². The molecule has 0 aromatic heterocycles. The second kappa shape index (κ2) is 3.56. The lowest BCUT2D eigenvalue weighted by molar-refractivity contribution is -0.137. The molecule has 0 aromatic rings. The fraction of sp³-hybridized carbons (Fsp3) is 0.857. The van der Waals surface area contributed by atoms with Gasteiger partial charge in [-0.15, -0.1) is 0 Å². The van der Waals surface area contributed by atoms with E-state index in [0.717, 1.165) is 19.4 Å². The molecule has 2 N–H and O–H groups in total. The van der Waals surface area contributed by atoms with Crippen molar-refractivity contribution in [2.75, 3.05) is 6.54 Å². The molecule has 0 aliphatic carbocycles. The van der Waals surface area contributed by atoms with Crippen LogP contribution in [-0.2, 0) is 4.79 Å². The van der Waals surface area contributed by atoms with Gasteiger partial charge < -0.3 is 10.4 Å². The van der Waals surface area contributed by atoms with E-state index < -0.39 is 5.97 Å². The normalized spacial score (nSPS) is 25.0. The zero-order chi connectivity index (χ0) is 7.40. The molecule has 0 aromatic carbocycles. The van der Waals surface area contributed by atoms with Crippen molar-refractivity contribution in [2.45, 2.75) is 31.7 Å². The van der Waals surface area contributed by atoms with Crippen molar-refractivity contribution < 1.29 is 9.90 Å². The Hall–Kier alpha value is -0.570. The molecule has 1 heterocycles. The Bertz CT molecular complexity index is 119. The Morgan fingerprint density at radius 3 is 3.00 bits per heavy atom. The van der Waals surface area contributed by atoms with Gasteiger partial charge in [0.2, 0.25) is 0 Å². The third-order valence-corrected chi connectivity index (χ3v) is 1.87. The second-order valence-corrected chi connectivity index (χ2v) is 2.73. The Morgan fingerprint density at radius 2 is 2.50 bits per heavy atom. The van der Waals surface area contributed by atoms with E-state index in [2.05, 4.69) is 5.32 Å². The number of carboxylic acids is 1. The van der Waals surface area contributed by atoms with Crippen LogP contribution in [0.25, 0.3) is 0 Å². The molecule has 0 bridgehead atoms. The lowest BCUT2D eigenvalue weighted by Crippen LogP contribution is -2.21. The summed E-state index contributed by atoms with van der Waals surface area (Å²) in [5.41, 5.74) is 0. The molecule has 0 saturated carbocycles. The zero-order valence-corrected chi connectivity index (χ0v) is 5.97. The molecular formula is C7H13NO2. The Balaban J connectivity index is 2.07. The quantitative estimate of drug-likeness (QED) is 0.608. The van der Waals surface area contributed by atoms with E-state index in [1.807, 2.05) is 0 Å². The van der Waals surface area contributed by atoms with Gasteiger partial charge in [-0.2, -0.15) is 0 Å². The smallest absolute Gasteiger partial charge is 0.303 e. The van der Waals surface area contributed by atoms with Gasteiger partial charge in [0.25, 0.3) is 0 Å². The monoisotopic (exact) mass is 143 g/mol. The Morgan fingerprint density at radius 1 is 1.70 bits per heavy atom. The lowest BCUT2D eigenvalue weighted by atomic mass is 10.1. The molecule has 0 amide bonds. The van der Waals surface area contributed by atoms with Crippen molar-refractivity contribution in [2.24, 2.45) is 0 Å². The maximum Gasteiger partial charge on any atom is 0.303 e. The molecule has 1 aliphatic rings. The van der Waals surface area contributed by atoms with Gasteiger partial charge in [-0.05, 0) is 25.8 Å². The summed E-state index contributed by atoms with van der Waals surface area (Å²) in [5, 5.41) is 11.6. The van der Waals surface area contributed by atoms with Crippen LogP contribution in [0, 0.1) is 0 Å². The first-order valence-electron chi connectivity index (χ1n) is 3.74. The number of carboxylic acid groups (broad SMARTS) is 1. The summed E-state index contributed by atoms with van der Waals surface area (Å²) in [4.78, 5) is 10.1. The van der Waals surface area contributed by atoms with Crippen molar-refractivity contribution in [3.8, 4) is 0 Å². The Kier molecular flexibility index (Phi) is 2.68. The molecule has 0 spiro atoms. The third-order valence-electron chi connectivity index (χ3n) is 1.87. The molecule has 1 fully saturated rings. The highest BCUT2D eigenvalue weighted by molar-refractivity contribution is 5.66. The summed E-state index contributed by atoms with van der Waals surface area (Å²) in [6.07, 6.45) is 3.44. The number of hydrogen-bond donors (Lipinski definition) is 2. The molecule has 1 atom stereocenters. The molecule has 1 saturated heterocycles. The van der Waals surface area contributed by atoms with E-state index in [-0.39, 0.29) is 0 Å². The van der Waals surface area contributed by atoms with Crippen LogP contribution in [0.15, 0.2) is 0 Å². The number of nitrogens with one attached hydrogen (secondary N) is 1. The number of hydrogen-bond acceptors (Lipinski definition) is 2. The largest absolute Gasteiger partial charge is 0.481 e. The third kappa shape index (κ3) is 2.35. The lowest BCUT2D eigenvalue weighted by Gasteiger charge is -2.05. The highest BCUT2D eigenvalue weighted by atomic mass is 16.4. The predicted molar refractivity (Wildman–Crippen MR) is 37.9 cm³/mol. The first-order valence-corrected chi connectivity index (χ1v) is 3.74. The summed E-state index contributed by atoms with van der Waals surface area (Å²) in [5.74, 6) is -0.686. The maximum atomic E-state index is 10.1. The van der Waals surface area contributed by atoms with Gasteiger partial charge in [0.05, 0.1) is 0 Å². The maximum absolute atomic E-state index is 10.1. The molecule has 3 nitrogen and oxygen atoms in total. The summed E-state index contributed by atoms with van der Waals surface area (Å²) in [6.45, 7) is 1.06. The first kappa shape index (κ1) is 7.54. The average Bonchev–Trinajstić information content (AvgIpc) is 2.34. The van der Waals surface area contributed by atoms with E-state index in [1.54, 1.807) is 0 Å². The van der Waals surface area contributed by atoms with Gasteiger partial charge in [0, 0.05) is 12.5 Å². The fourth-order valence-corrected chi connectivity index (χ4v) is 1.30. The average molecular weight is 143 g/mol. The van der Waals surface area contributed by atoms with Crippen molar-refractivity contribution >= 4 is 5.97 Å². The highest BCUT2D eigenvalue weighted by Gasteiger charge is 2.14. The van der Waals surface area contributed by atoms with Crippen molar-refractivity contribution in [3.05, 3.63) is 0 Å². The van der Waals surface area contributed by atoms with Crippen LogP contribution in [0.5, 0.6) is 0 Å². The van der Waals surface area contributed by atoms with Crippen molar-refractivity contribution in [1.29, 1.82) is 0 Å². The van der Waals surface area contributed by atoms with E-state index in [4.69, 9.17) is 5.11 Å². The van der Waals surface area contributed by atoms with Crippen LogP contribution in [0.1, 0.15) is 25.7 Å². The number of rotatable bonds is 3. The minimum absolute atomic E-state index is 0.303. The SMILES string of the molecule is O=C(O)CC[C@@H]1CCCN1. The van der Waals surface area contributed by atoms with E-state index >= 15 is 0 Å². The Labute approximate surface area is 60.4 Å². The molecule has 58 valence electrons. The minimum atomic E-state index is -0.686. The zero-order valence-electron chi connectivity index (χ0n) is 5.97. The predicted octanol–water partition coefficient (Wildman–Crippen LogP) is 0.603. The van der Waals surface area contributed by atoms with Gasteiger partial charge in [0.15, 0.2) is 0 Å². The summed E-state index contributed by atoms with van der Waals surface area (Å²) >= 11 is 0. The number of aliphatic carboxylic acids is 1. The second-order valence-electron chi connectivity index (χ2n) is 2.73. The van der Waals surface area contributed by atoms with Crippen LogP contribution in [0.4, 0.5) is 0 Å². The van der Waals surface area contributed by atoms with E-state index in [1.165, 1.54) is 6.42 Å². The molecular weight excluding hydrogens is 130 g/mol. The van der Waals surface area contributed by atoms with Gasteiger partial charge in [0.1, 0.15) is 0 Å². The van der Waals surface area contributed by atoms with Gasteiger partial charge in [-0.1, -0.05) is 0 Å². The molecule has 10 heavy (non-hydrogen) atoms. The summed E-state index contributed by atoms with van der Waals surface area (Å²) in [6, 6.07) is 0.469. The molecule has 0 radical (unpaired) electrons. The van der Waals surface area contributed by atoms with Crippen LogP contribution in [0.2, 0.25) is 0 Å². The first-order chi connectivity index (χ1) is 4.79. The molecule has 1 rings (SSSR count). The van der Waals surface area contributed by atoms with Gasteiger partial charge >= 0.3 is 5.97 Å². The minimum Gasteiger partial charge on any atom is -0.481 e. The number of carbonyl (C=O) groups is 1. The molecule has 1 aliphatic heterocycles. The van der Waals surface area contributed by atoms with Crippen LogP contribution in [-0.4, -0.2) is 23.7 Å². The van der Waals surface area contributed by atoms with Crippen molar-refractivity contribution in [3.63, 3.8) is 0 Å². The molecule has 0 unspecified atom stereocenters. The van der Waals surface area contributed by atoms with E-state index in [0.29, 0.717) is 12.5 Å². The summed E-state index contributed by atoms with van der Waals surface area (Å²) in [7, 11) is 0. The van der Waals surface area contributed by atoms with Crippen LogP contribution < -0.4 is 5.32 Å². The molecule has 3 heteroatoms. The fourth-order valence-electron chi connectivity index (χ4n) is 1.30. The van der Waals surface area contributed by atoms with Crippen LogP contribution in [0.3, 0.4) is 0 Å². The summed E-state index contributed by atoms with van der Waals surface area (Å²) < 4.78 is 0. The standard InChI is InChI=1S/C7H13NO2/c9-7(10)4-3-6-2-1-5-8-6/h6,8H,1-5H2,(H,9,10)/t6-/m0/s1. The van der Waals surface area contributed by atoms with Crippen molar-refractivity contribution in [1.82, 2.24) is 5.32 Å². The topological polar surface area (TPSA) is 49.3 Å². The van der Waals surface area contributed by atoms with Gasteiger partial charge in [-0.25, -0.2) is 0 Å². The van der Waals surface area contributed by atoms with Gasteiger partial charge in [-0.3, -0.25) is 4.79 Å². The highest BCUT2D eigenvalue weighted by Crippen LogP contribution is 2.09.